The Morgan fingerprint density at radius 1 is 1.04 bits per heavy atom. The second-order valence-electron chi connectivity index (χ2n) is 6.05. The standard InChI is InChI=1S/C21H21N3OS/c1-16-8-10-17(11-9-16)14-24(20-7-3-2-6-19(20)22)21(26)25-15-18-5-4-12-23-13-18/h2-13H,14-15,22H2,1H3. The predicted molar refractivity (Wildman–Crippen MR) is 110 cm³/mol. The molecular formula is C21H21N3OS. The highest BCUT2D eigenvalue weighted by molar-refractivity contribution is 7.80. The molecule has 1 heterocycles. The number of benzene rings is 2. The molecule has 0 aliphatic carbocycles. The number of rotatable bonds is 5. The van der Waals surface area contributed by atoms with Gasteiger partial charge in [0.1, 0.15) is 6.61 Å². The molecule has 1 aromatic heterocycles. The smallest absolute Gasteiger partial charge is 0.264 e. The molecular weight excluding hydrogens is 342 g/mol. The summed E-state index contributed by atoms with van der Waals surface area (Å²) in [5.41, 5.74) is 11.0. The molecule has 0 unspecified atom stereocenters. The summed E-state index contributed by atoms with van der Waals surface area (Å²) >= 11 is 5.57. The van der Waals surface area contributed by atoms with Crippen molar-refractivity contribution in [2.24, 2.45) is 0 Å². The maximum atomic E-state index is 6.18. The minimum absolute atomic E-state index is 0.365. The zero-order valence-corrected chi connectivity index (χ0v) is 15.4. The van der Waals surface area contributed by atoms with E-state index >= 15 is 0 Å². The van der Waals surface area contributed by atoms with Crippen LogP contribution in [-0.4, -0.2) is 10.2 Å². The van der Waals surface area contributed by atoms with Crippen molar-refractivity contribution in [2.45, 2.75) is 20.1 Å². The van der Waals surface area contributed by atoms with E-state index in [2.05, 4.69) is 36.2 Å². The fourth-order valence-corrected chi connectivity index (χ4v) is 2.79. The monoisotopic (exact) mass is 363 g/mol. The molecule has 0 saturated heterocycles. The summed E-state index contributed by atoms with van der Waals surface area (Å²) in [4.78, 5) is 6.02. The van der Waals surface area contributed by atoms with Crippen molar-refractivity contribution >= 4 is 28.8 Å². The quantitative estimate of drug-likeness (QED) is 0.535. The second kappa shape index (κ2) is 8.45. The first kappa shape index (κ1) is 17.9. The van der Waals surface area contributed by atoms with Crippen molar-refractivity contribution in [1.82, 2.24) is 4.98 Å². The molecule has 0 atom stereocenters. The molecule has 132 valence electrons. The summed E-state index contributed by atoms with van der Waals surface area (Å²) in [6.45, 7) is 3.02. The van der Waals surface area contributed by atoms with Gasteiger partial charge in [0.15, 0.2) is 0 Å². The topological polar surface area (TPSA) is 51.4 Å². The zero-order chi connectivity index (χ0) is 18.4. The third-order valence-corrected chi connectivity index (χ3v) is 4.33. The van der Waals surface area contributed by atoms with E-state index in [1.54, 1.807) is 12.4 Å². The number of para-hydroxylation sites is 2. The number of thiocarbonyl (C=S) groups is 1. The average Bonchev–Trinajstić information content (AvgIpc) is 2.67. The molecule has 0 spiro atoms. The Hall–Kier alpha value is -2.92. The molecule has 0 bridgehead atoms. The summed E-state index contributed by atoms with van der Waals surface area (Å²) in [5.74, 6) is 0. The number of hydrogen-bond acceptors (Lipinski definition) is 4. The Morgan fingerprint density at radius 3 is 2.50 bits per heavy atom. The van der Waals surface area contributed by atoms with Crippen LogP contribution < -0.4 is 10.6 Å². The highest BCUT2D eigenvalue weighted by Crippen LogP contribution is 2.25. The Balaban J connectivity index is 1.81. The lowest BCUT2D eigenvalue weighted by Crippen LogP contribution is -2.31. The molecule has 2 N–H and O–H groups in total. The summed E-state index contributed by atoms with van der Waals surface area (Å²) in [6.07, 6.45) is 3.50. The third-order valence-electron chi connectivity index (χ3n) is 3.99. The molecule has 0 radical (unpaired) electrons. The van der Waals surface area contributed by atoms with Gasteiger partial charge in [-0.05, 0) is 42.9 Å². The van der Waals surface area contributed by atoms with Gasteiger partial charge in [0.2, 0.25) is 0 Å². The molecule has 0 amide bonds. The van der Waals surface area contributed by atoms with Gasteiger partial charge in [-0.2, -0.15) is 0 Å². The summed E-state index contributed by atoms with van der Waals surface area (Å²) < 4.78 is 5.86. The van der Waals surface area contributed by atoms with Gasteiger partial charge >= 0.3 is 0 Å². The number of aryl methyl sites for hydroxylation is 1. The summed E-state index contributed by atoms with van der Waals surface area (Å²) in [6, 6.07) is 19.8. The van der Waals surface area contributed by atoms with E-state index < -0.39 is 0 Å². The molecule has 3 aromatic rings. The Bertz CT molecular complexity index is 866. The van der Waals surface area contributed by atoms with Crippen molar-refractivity contribution in [1.29, 1.82) is 0 Å². The van der Waals surface area contributed by atoms with Gasteiger partial charge in [0.25, 0.3) is 5.17 Å². The minimum atomic E-state index is 0.365. The maximum absolute atomic E-state index is 6.18. The van der Waals surface area contributed by atoms with Gasteiger partial charge in [-0.3, -0.25) is 9.88 Å². The molecule has 4 nitrogen and oxygen atoms in total. The molecule has 2 aromatic carbocycles. The first-order chi connectivity index (χ1) is 12.6. The van der Waals surface area contributed by atoms with Crippen molar-refractivity contribution in [3.05, 3.63) is 89.7 Å². The van der Waals surface area contributed by atoms with Crippen LogP contribution in [0.15, 0.2) is 73.1 Å². The van der Waals surface area contributed by atoms with Gasteiger partial charge in [0.05, 0.1) is 17.9 Å². The molecule has 5 heteroatoms. The van der Waals surface area contributed by atoms with Gasteiger partial charge in [-0.15, -0.1) is 0 Å². The fourth-order valence-electron chi connectivity index (χ4n) is 2.56. The van der Waals surface area contributed by atoms with Crippen molar-refractivity contribution in [3.8, 4) is 0 Å². The van der Waals surface area contributed by atoms with E-state index in [0.717, 1.165) is 16.8 Å². The van der Waals surface area contributed by atoms with Crippen molar-refractivity contribution < 1.29 is 4.74 Å². The first-order valence-corrected chi connectivity index (χ1v) is 8.77. The van der Waals surface area contributed by atoms with E-state index in [0.29, 0.717) is 24.0 Å². The van der Waals surface area contributed by atoms with Crippen molar-refractivity contribution in [2.75, 3.05) is 10.6 Å². The number of nitrogens with two attached hydrogens (primary N) is 1. The summed E-state index contributed by atoms with van der Waals surface area (Å²) in [5, 5.41) is 0.382. The second-order valence-corrected chi connectivity index (χ2v) is 6.40. The van der Waals surface area contributed by atoms with Gasteiger partial charge in [0, 0.05) is 18.0 Å². The highest BCUT2D eigenvalue weighted by Gasteiger charge is 2.16. The van der Waals surface area contributed by atoms with Gasteiger partial charge in [-0.1, -0.05) is 48.0 Å². The van der Waals surface area contributed by atoms with E-state index in [1.807, 2.05) is 41.3 Å². The molecule has 0 aliphatic heterocycles. The Kier molecular flexibility index (Phi) is 5.81. The van der Waals surface area contributed by atoms with E-state index in [4.69, 9.17) is 22.7 Å². The number of ether oxygens (including phenoxy) is 1. The number of hydrogen-bond donors (Lipinski definition) is 1. The van der Waals surface area contributed by atoms with Gasteiger partial charge < -0.3 is 10.5 Å². The zero-order valence-electron chi connectivity index (χ0n) is 14.6. The largest absolute Gasteiger partial charge is 0.466 e. The van der Waals surface area contributed by atoms with Crippen LogP contribution in [0.3, 0.4) is 0 Å². The fraction of sp³-hybridized carbons (Fsp3) is 0.143. The maximum Gasteiger partial charge on any atom is 0.264 e. The first-order valence-electron chi connectivity index (χ1n) is 8.37. The van der Waals surface area contributed by atoms with Gasteiger partial charge in [-0.25, -0.2) is 0 Å². The van der Waals surface area contributed by atoms with Crippen LogP contribution in [0, 0.1) is 6.92 Å². The van der Waals surface area contributed by atoms with Crippen LogP contribution in [0.25, 0.3) is 0 Å². The van der Waals surface area contributed by atoms with E-state index in [-0.39, 0.29) is 0 Å². The SMILES string of the molecule is Cc1ccc(CN(C(=S)OCc2cccnc2)c2ccccc2N)cc1. The summed E-state index contributed by atoms with van der Waals surface area (Å²) in [7, 11) is 0. The number of anilines is 2. The van der Waals surface area contributed by atoms with Crippen molar-refractivity contribution in [3.63, 3.8) is 0 Å². The van der Waals surface area contributed by atoms with Crippen LogP contribution in [0.1, 0.15) is 16.7 Å². The lowest BCUT2D eigenvalue weighted by molar-refractivity contribution is 0.292. The number of pyridine rings is 1. The Labute approximate surface area is 159 Å². The lowest BCUT2D eigenvalue weighted by Gasteiger charge is -2.26. The minimum Gasteiger partial charge on any atom is -0.466 e. The molecule has 26 heavy (non-hydrogen) atoms. The third kappa shape index (κ3) is 4.58. The average molecular weight is 363 g/mol. The molecule has 3 rings (SSSR count). The molecule has 0 fully saturated rings. The van der Waals surface area contributed by atoms with Crippen LogP contribution in [-0.2, 0) is 17.9 Å². The van der Waals surface area contributed by atoms with E-state index in [1.165, 1.54) is 5.56 Å². The van der Waals surface area contributed by atoms with Crippen LogP contribution in [0.5, 0.6) is 0 Å². The van der Waals surface area contributed by atoms with Crippen LogP contribution >= 0.6 is 12.2 Å². The normalized spacial score (nSPS) is 10.3. The van der Waals surface area contributed by atoms with E-state index in [9.17, 15) is 0 Å². The highest BCUT2D eigenvalue weighted by atomic mass is 32.1. The lowest BCUT2D eigenvalue weighted by atomic mass is 10.1. The van der Waals surface area contributed by atoms with Crippen LogP contribution in [0.4, 0.5) is 11.4 Å². The predicted octanol–water partition coefficient (Wildman–Crippen LogP) is 4.48. The number of aromatic nitrogens is 1. The number of nitrogens with zero attached hydrogens (tertiary/aromatic N) is 2. The number of nitrogen functional groups attached to an aromatic ring is 1. The Morgan fingerprint density at radius 2 is 1.81 bits per heavy atom. The molecule has 0 saturated carbocycles. The van der Waals surface area contributed by atoms with Crippen LogP contribution in [0.2, 0.25) is 0 Å². The molecule has 0 aliphatic rings.